The third-order valence-corrected chi connectivity index (χ3v) is 14.0. The van der Waals surface area contributed by atoms with Crippen LogP contribution in [0.5, 0.6) is 0 Å². The van der Waals surface area contributed by atoms with Crippen LogP contribution in [0.3, 0.4) is 0 Å². The molecule has 1 atom stereocenters. The molecule has 0 fully saturated rings. The third kappa shape index (κ3) is 55.1. The van der Waals surface area contributed by atoms with E-state index in [1.165, 1.54) is 250 Å². The van der Waals surface area contributed by atoms with Gasteiger partial charge < -0.3 is 14.2 Å². The lowest BCUT2D eigenvalue weighted by atomic mass is 10.0. The van der Waals surface area contributed by atoms with Gasteiger partial charge in [0.05, 0.1) is 0 Å². The van der Waals surface area contributed by atoms with Crippen LogP contribution >= 0.6 is 0 Å². The van der Waals surface area contributed by atoms with Gasteiger partial charge in [0.1, 0.15) is 13.2 Å². The summed E-state index contributed by atoms with van der Waals surface area (Å²) < 4.78 is 16.8. The number of unbranched alkanes of at least 4 members (excludes halogenated alkanes) is 44. The fourth-order valence-corrected chi connectivity index (χ4v) is 9.38. The van der Waals surface area contributed by atoms with Crippen molar-refractivity contribution in [2.45, 2.75) is 354 Å². The van der Waals surface area contributed by atoms with Crippen molar-refractivity contribution in [2.75, 3.05) is 13.2 Å². The monoisotopic (exact) mass is 959 g/mol. The van der Waals surface area contributed by atoms with E-state index in [9.17, 15) is 14.4 Å². The molecule has 0 aliphatic carbocycles. The minimum atomic E-state index is -0.762. The molecule has 6 heteroatoms. The number of allylic oxidation sites excluding steroid dienone is 2. The van der Waals surface area contributed by atoms with Crippen molar-refractivity contribution in [1.29, 1.82) is 0 Å². The smallest absolute Gasteiger partial charge is 0.306 e. The summed E-state index contributed by atoms with van der Waals surface area (Å²) in [5.74, 6) is -0.844. The van der Waals surface area contributed by atoms with Crippen LogP contribution in [-0.4, -0.2) is 37.2 Å². The van der Waals surface area contributed by atoms with Crippen LogP contribution in [-0.2, 0) is 28.6 Å². The second-order valence-corrected chi connectivity index (χ2v) is 21.0. The highest BCUT2D eigenvalue weighted by Crippen LogP contribution is 2.18. The lowest BCUT2D eigenvalue weighted by Crippen LogP contribution is -2.30. The molecule has 0 spiro atoms. The van der Waals surface area contributed by atoms with E-state index >= 15 is 0 Å². The summed E-state index contributed by atoms with van der Waals surface area (Å²) in [6.07, 6.45) is 66.7. The summed E-state index contributed by atoms with van der Waals surface area (Å²) >= 11 is 0. The quantitative estimate of drug-likeness (QED) is 0.0262. The molecule has 6 nitrogen and oxygen atoms in total. The van der Waals surface area contributed by atoms with Gasteiger partial charge >= 0.3 is 17.9 Å². The Hall–Kier alpha value is -1.85. The van der Waals surface area contributed by atoms with Crippen LogP contribution in [0, 0.1) is 0 Å². The van der Waals surface area contributed by atoms with Gasteiger partial charge in [-0.05, 0) is 44.9 Å². The third-order valence-electron chi connectivity index (χ3n) is 14.0. The summed E-state index contributed by atoms with van der Waals surface area (Å²) in [5.41, 5.74) is 0. The maximum atomic E-state index is 12.8. The molecular weight excluding hydrogens is 841 g/mol. The first-order valence-corrected chi connectivity index (χ1v) is 30.7. The molecule has 0 aromatic rings. The standard InChI is InChI=1S/C62H118O6/c1-4-7-10-13-16-19-21-23-25-26-27-28-29-30-31-32-33-34-35-36-38-39-41-43-46-49-52-55-61(64)67-58-59(57-66-60(63)54-51-48-45-18-15-12-9-6-3)68-62(65)56-53-50-47-44-42-40-37-24-22-20-17-14-11-8-5-2/h26-27,59H,4-25,28-58H2,1-3H3/b27-26-. The molecule has 0 saturated carbocycles. The minimum Gasteiger partial charge on any atom is -0.462 e. The molecule has 0 aromatic heterocycles. The van der Waals surface area contributed by atoms with Crippen LogP contribution < -0.4 is 0 Å². The number of hydrogen-bond acceptors (Lipinski definition) is 6. The molecule has 68 heavy (non-hydrogen) atoms. The number of hydrogen-bond donors (Lipinski definition) is 0. The molecule has 0 saturated heterocycles. The Balaban J connectivity index is 4.06. The summed E-state index contributed by atoms with van der Waals surface area (Å²) in [5, 5.41) is 0. The lowest BCUT2D eigenvalue weighted by molar-refractivity contribution is -0.167. The SMILES string of the molecule is CCCCCCCCCC/C=C\CCCCCCCCCCCCCCCCCC(=O)OCC(COC(=O)CCCCCCCCCC)OC(=O)CCCCCCCCCCCCCCCCC. The Labute approximate surface area is 424 Å². The lowest BCUT2D eigenvalue weighted by Gasteiger charge is -2.18. The summed E-state index contributed by atoms with van der Waals surface area (Å²) in [4.78, 5) is 38.0. The fraction of sp³-hybridized carbons (Fsp3) is 0.919. The Bertz CT molecular complexity index is 1060. The van der Waals surface area contributed by atoms with Crippen LogP contribution in [0.2, 0.25) is 0 Å². The molecule has 0 aromatic carbocycles. The summed E-state index contributed by atoms with van der Waals surface area (Å²) in [7, 11) is 0. The molecule has 0 radical (unpaired) electrons. The Morgan fingerprint density at radius 2 is 0.485 bits per heavy atom. The van der Waals surface area contributed by atoms with Gasteiger partial charge in [-0.3, -0.25) is 14.4 Å². The van der Waals surface area contributed by atoms with E-state index in [1.54, 1.807) is 0 Å². The molecule has 0 heterocycles. The zero-order valence-corrected chi connectivity index (χ0v) is 46.2. The van der Waals surface area contributed by atoms with Gasteiger partial charge in [-0.25, -0.2) is 0 Å². The average Bonchev–Trinajstić information content (AvgIpc) is 3.34. The highest BCUT2D eigenvalue weighted by molar-refractivity contribution is 5.71. The summed E-state index contributed by atoms with van der Waals surface area (Å²) in [6, 6.07) is 0. The van der Waals surface area contributed by atoms with E-state index in [0.717, 1.165) is 57.8 Å². The molecule has 0 rings (SSSR count). The van der Waals surface area contributed by atoms with Gasteiger partial charge in [0, 0.05) is 19.3 Å². The highest BCUT2D eigenvalue weighted by Gasteiger charge is 2.19. The van der Waals surface area contributed by atoms with E-state index in [0.29, 0.717) is 19.3 Å². The minimum absolute atomic E-state index is 0.0637. The highest BCUT2D eigenvalue weighted by atomic mass is 16.6. The number of esters is 3. The van der Waals surface area contributed by atoms with Crippen molar-refractivity contribution < 1.29 is 28.6 Å². The zero-order chi connectivity index (χ0) is 49.3. The molecule has 0 amide bonds. The molecule has 0 bridgehead atoms. The second kappa shape index (κ2) is 57.7. The fourth-order valence-electron chi connectivity index (χ4n) is 9.38. The molecule has 0 aliphatic heterocycles. The molecule has 402 valence electrons. The molecular formula is C62H118O6. The number of rotatable bonds is 57. The topological polar surface area (TPSA) is 78.9 Å². The maximum Gasteiger partial charge on any atom is 0.306 e. The second-order valence-electron chi connectivity index (χ2n) is 21.0. The zero-order valence-electron chi connectivity index (χ0n) is 46.2. The Morgan fingerprint density at radius 1 is 0.279 bits per heavy atom. The van der Waals surface area contributed by atoms with Crippen molar-refractivity contribution in [1.82, 2.24) is 0 Å². The number of carbonyl (C=O) groups excluding carboxylic acids is 3. The van der Waals surface area contributed by atoms with Crippen LogP contribution in [0.25, 0.3) is 0 Å². The normalized spacial score (nSPS) is 12.0. The molecule has 0 N–H and O–H groups in total. The Kier molecular flexibility index (Phi) is 56.2. The van der Waals surface area contributed by atoms with Gasteiger partial charge in [-0.1, -0.05) is 296 Å². The van der Waals surface area contributed by atoms with Gasteiger partial charge in [0.15, 0.2) is 6.10 Å². The average molecular weight is 960 g/mol. The van der Waals surface area contributed by atoms with Crippen LogP contribution in [0.1, 0.15) is 348 Å². The first-order chi connectivity index (χ1) is 33.5. The van der Waals surface area contributed by atoms with Crippen molar-refractivity contribution in [3.05, 3.63) is 12.2 Å². The predicted octanol–water partition coefficient (Wildman–Crippen LogP) is 20.5. The van der Waals surface area contributed by atoms with E-state index < -0.39 is 6.10 Å². The molecule has 1 unspecified atom stereocenters. The van der Waals surface area contributed by atoms with Crippen LogP contribution in [0.4, 0.5) is 0 Å². The van der Waals surface area contributed by atoms with E-state index in [-0.39, 0.29) is 31.1 Å². The van der Waals surface area contributed by atoms with Gasteiger partial charge in [0.25, 0.3) is 0 Å². The van der Waals surface area contributed by atoms with Crippen molar-refractivity contribution in [3.63, 3.8) is 0 Å². The van der Waals surface area contributed by atoms with Gasteiger partial charge in [0.2, 0.25) is 0 Å². The van der Waals surface area contributed by atoms with E-state index in [4.69, 9.17) is 14.2 Å². The number of carbonyl (C=O) groups is 3. The van der Waals surface area contributed by atoms with Crippen LogP contribution in [0.15, 0.2) is 12.2 Å². The van der Waals surface area contributed by atoms with E-state index in [2.05, 4.69) is 32.9 Å². The Morgan fingerprint density at radius 3 is 0.735 bits per heavy atom. The summed E-state index contributed by atoms with van der Waals surface area (Å²) in [6.45, 7) is 6.67. The maximum absolute atomic E-state index is 12.8. The van der Waals surface area contributed by atoms with Crippen molar-refractivity contribution in [3.8, 4) is 0 Å². The largest absolute Gasteiger partial charge is 0.462 e. The van der Waals surface area contributed by atoms with E-state index in [1.807, 2.05) is 0 Å². The van der Waals surface area contributed by atoms with Gasteiger partial charge in [-0.2, -0.15) is 0 Å². The number of ether oxygens (including phenoxy) is 3. The van der Waals surface area contributed by atoms with Gasteiger partial charge in [-0.15, -0.1) is 0 Å². The first-order valence-electron chi connectivity index (χ1n) is 30.7. The molecule has 0 aliphatic rings. The van der Waals surface area contributed by atoms with Crippen molar-refractivity contribution in [2.24, 2.45) is 0 Å². The van der Waals surface area contributed by atoms with Crippen molar-refractivity contribution >= 4 is 17.9 Å². The predicted molar refractivity (Wildman–Crippen MR) is 293 cm³/mol. The first kappa shape index (κ1) is 66.2.